The summed E-state index contributed by atoms with van der Waals surface area (Å²) in [5, 5.41) is 8.48. The van der Waals surface area contributed by atoms with Crippen LogP contribution in [0.4, 0.5) is 0 Å². The smallest absolute Gasteiger partial charge is 0.251 e. The van der Waals surface area contributed by atoms with E-state index in [1.54, 1.807) is 24.3 Å². The van der Waals surface area contributed by atoms with E-state index >= 15 is 0 Å². The molecule has 0 aliphatic heterocycles. The number of benzene rings is 2. The summed E-state index contributed by atoms with van der Waals surface area (Å²) in [6.07, 6.45) is 1.81. The Morgan fingerprint density at radius 1 is 0.647 bits per heavy atom. The predicted molar refractivity (Wildman–Crippen MR) is 144 cm³/mol. The molecule has 186 valence electrons. The predicted octanol–water partition coefficient (Wildman–Crippen LogP) is 5.57. The topological polar surface area (TPSA) is 83.4 Å². The van der Waals surface area contributed by atoms with Gasteiger partial charge < -0.3 is 20.4 Å². The van der Waals surface area contributed by atoms with Crippen molar-refractivity contribution in [1.82, 2.24) is 16.0 Å². The molecule has 1 heterocycles. The quantitative estimate of drug-likeness (QED) is 0.371. The monoisotopic (exact) mass is 507 g/mol. The highest BCUT2D eigenvalue weighted by Gasteiger charge is 2.10. The van der Waals surface area contributed by atoms with Gasteiger partial charge in [-0.2, -0.15) is 0 Å². The Balaban J connectivity index is 0.00000207. The summed E-state index contributed by atoms with van der Waals surface area (Å²) in [7, 11) is 3.75. The number of rotatable bonds is 8. The minimum absolute atomic E-state index is 0. The number of hydrogen-bond donors (Lipinski definition) is 3. The molecule has 6 nitrogen and oxygen atoms in total. The van der Waals surface area contributed by atoms with Crippen LogP contribution in [-0.2, 0) is 0 Å². The highest BCUT2D eigenvalue weighted by molar-refractivity contribution is 5.95. The standard InChI is InChI=1S/C24H26N2O3.C2H7N.2ClH/c1-3-15-25-23(27)19-9-5-17(6-10-19)21-13-14-22(29-21)18-7-11-20(12-8-18)24(28)26-16-4-2;1-3-2;;/h5-14H,3-4,15-16H2,1-2H3,(H,25,27)(H,26,28);3H,1-2H3;2*1H. The number of carbonyl (C=O) groups excluding carboxylic acids is 2. The Morgan fingerprint density at radius 2 is 0.971 bits per heavy atom. The lowest BCUT2D eigenvalue weighted by Crippen LogP contribution is -2.23. The molecule has 0 radical (unpaired) electrons. The maximum Gasteiger partial charge on any atom is 0.251 e. The van der Waals surface area contributed by atoms with E-state index in [1.165, 1.54) is 0 Å². The molecule has 0 aliphatic carbocycles. The van der Waals surface area contributed by atoms with E-state index in [9.17, 15) is 9.59 Å². The molecule has 34 heavy (non-hydrogen) atoms. The van der Waals surface area contributed by atoms with Gasteiger partial charge in [0, 0.05) is 35.3 Å². The first-order chi connectivity index (χ1) is 15.5. The molecule has 0 unspecified atom stereocenters. The highest BCUT2D eigenvalue weighted by atomic mass is 35.5. The van der Waals surface area contributed by atoms with E-state index in [-0.39, 0.29) is 36.6 Å². The SMILES string of the molecule is CCCNC(=O)c1ccc(-c2ccc(-c3ccc(C(=O)NCCC)cc3)o2)cc1.CNC.Cl.Cl. The third kappa shape index (κ3) is 9.21. The molecule has 3 aromatic rings. The zero-order chi connectivity index (χ0) is 23.3. The summed E-state index contributed by atoms with van der Waals surface area (Å²) < 4.78 is 5.99. The first-order valence-electron chi connectivity index (χ1n) is 11.0. The normalized spacial score (nSPS) is 9.53. The summed E-state index contributed by atoms with van der Waals surface area (Å²) in [4.78, 5) is 24.0. The van der Waals surface area contributed by atoms with Crippen LogP contribution in [0.3, 0.4) is 0 Å². The van der Waals surface area contributed by atoms with Gasteiger partial charge in [0.1, 0.15) is 11.5 Å². The average molecular weight is 508 g/mol. The third-order valence-corrected chi connectivity index (χ3v) is 4.54. The van der Waals surface area contributed by atoms with Crippen molar-refractivity contribution in [2.24, 2.45) is 0 Å². The number of amides is 2. The lowest BCUT2D eigenvalue weighted by atomic mass is 10.1. The zero-order valence-corrected chi connectivity index (χ0v) is 21.8. The van der Waals surface area contributed by atoms with Crippen LogP contribution < -0.4 is 16.0 Å². The van der Waals surface area contributed by atoms with E-state index in [0.717, 1.165) is 35.5 Å². The molecule has 0 saturated carbocycles. The number of furan rings is 1. The highest BCUT2D eigenvalue weighted by Crippen LogP contribution is 2.29. The first-order valence-corrected chi connectivity index (χ1v) is 11.0. The second-order valence-corrected chi connectivity index (χ2v) is 7.33. The lowest BCUT2D eigenvalue weighted by molar-refractivity contribution is 0.0945. The average Bonchev–Trinajstić information content (AvgIpc) is 3.32. The van der Waals surface area contributed by atoms with Crippen molar-refractivity contribution in [3.8, 4) is 22.6 Å². The second-order valence-electron chi connectivity index (χ2n) is 7.33. The van der Waals surface area contributed by atoms with E-state index in [4.69, 9.17) is 4.42 Å². The molecule has 0 fully saturated rings. The van der Waals surface area contributed by atoms with Gasteiger partial charge in [0.05, 0.1) is 0 Å². The van der Waals surface area contributed by atoms with Gasteiger partial charge in [0.15, 0.2) is 0 Å². The van der Waals surface area contributed by atoms with Gasteiger partial charge in [-0.05, 0) is 63.3 Å². The van der Waals surface area contributed by atoms with Crippen LogP contribution >= 0.6 is 24.8 Å². The molecule has 0 bridgehead atoms. The number of nitrogens with one attached hydrogen (secondary N) is 3. The van der Waals surface area contributed by atoms with Gasteiger partial charge in [0.2, 0.25) is 0 Å². The maximum absolute atomic E-state index is 12.0. The summed E-state index contributed by atoms with van der Waals surface area (Å²) in [5.41, 5.74) is 3.06. The van der Waals surface area contributed by atoms with Crippen molar-refractivity contribution in [3.05, 3.63) is 71.8 Å². The van der Waals surface area contributed by atoms with Gasteiger partial charge in [-0.15, -0.1) is 24.8 Å². The van der Waals surface area contributed by atoms with Crippen LogP contribution in [0.5, 0.6) is 0 Å². The number of hydrogen-bond acceptors (Lipinski definition) is 4. The Bertz CT molecular complexity index is 909. The minimum atomic E-state index is -0.0680. The molecular formula is C26H35Cl2N3O3. The van der Waals surface area contributed by atoms with E-state index in [2.05, 4.69) is 16.0 Å². The summed E-state index contributed by atoms with van der Waals surface area (Å²) in [5.74, 6) is 1.32. The number of halogens is 2. The van der Waals surface area contributed by atoms with E-state index < -0.39 is 0 Å². The van der Waals surface area contributed by atoms with Gasteiger partial charge in [-0.1, -0.05) is 38.1 Å². The first kappa shape index (κ1) is 31.2. The van der Waals surface area contributed by atoms with Crippen LogP contribution in [0.1, 0.15) is 47.4 Å². The van der Waals surface area contributed by atoms with Gasteiger partial charge in [-0.3, -0.25) is 9.59 Å². The Labute approximate surface area is 214 Å². The van der Waals surface area contributed by atoms with E-state index in [1.807, 2.05) is 64.3 Å². The van der Waals surface area contributed by atoms with Crippen molar-refractivity contribution < 1.29 is 14.0 Å². The summed E-state index contributed by atoms with van der Waals surface area (Å²) >= 11 is 0. The zero-order valence-electron chi connectivity index (χ0n) is 20.1. The molecule has 0 atom stereocenters. The minimum Gasteiger partial charge on any atom is -0.456 e. The molecule has 0 spiro atoms. The van der Waals surface area contributed by atoms with Crippen LogP contribution in [-0.4, -0.2) is 39.0 Å². The molecule has 2 amide bonds. The molecule has 1 aromatic heterocycles. The van der Waals surface area contributed by atoms with Crippen molar-refractivity contribution in [1.29, 1.82) is 0 Å². The van der Waals surface area contributed by atoms with Crippen LogP contribution in [0, 0.1) is 0 Å². The van der Waals surface area contributed by atoms with Crippen molar-refractivity contribution in [3.63, 3.8) is 0 Å². The fraction of sp³-hybridized carbons (Fsp3) is 0.308. The fourth-order valence-corrected chi connectivity index (χ4v) is 2.90. The molecule has 3 N–H and O–H groups in total. The van der Waals surface area contributed by atoms with Crippen molar-refractivity contribution in [2.75, 3.05) is 27.2 Å². The van der Waals surface area contributed by atoms with Gasteiger partial charge in [0.25, 0.3) is 11.8 Å². The molecular weight excluding hydrogens is 473 g/mol. The third-order valence-electron chi connectivity index (χ3n) is 4.54. The molecule has 8 heteroatoms. The van der Waals surface area contributed by atoms with Crippen LogP contribution in [0.25, 0.3) is 22.6 Å². The van der Waals surface area contributed by atoms with Crippen molar-refractivity contribution >= 4 is 36.6 Å². The Kier molecular flexibility index (Phi) is 15.4. The second kappa shape index (κ2) is 16.8. The Morgan fingerprint density at radius 3 is 1.26 bits per heavy atom. The largest absolute Gasteiger partial charge is 0.456 e. The molecule has 0 saturated heterocycles. The number of carbonyl (C=O) groups is 2. The molecule has 0 aliphatic rings. The lowest BCUT2D eigenvalue weighted by Gasteiger charge is -2.05. The maximum atomic E-state index is 12.0. The Hall–Kier alpha value is -2.80. The van der Waals surface area contributed by atoms with Gasteiger partial charge in [-0.25, -0.2) is 0 Å². The van der Waals surface area contributed by atoms with Gasteiger partial charge >= 0.3 is 0 Å². The van der Waals surface area contributed by atoms with Crippen LogP contribution in [0.15, 0.2) is 65.1 Å². The van der Waals surface area contributed by atoms with Crippen LogP contribution in [0.2, 0.25) is 0 Å². The van der Waals surface area contributed by atoms with Crippen molar-refractivity contribution in [2.45, 2.75) is 26.7 Å². The fourth-order valence-electron chi connectivity index (χ4n) is 2.90. The molecule has 3 rings (SSSR count). The van der Waals surface area contributed by atoms with E-state index in [0.29, 0.717) is 24.2 Å². The molecule has 2 aromatic carbocycles. The summed E-state index contributed by atoms with van der Waals surface area (Å²) in [6.45, 7) is 5.38. The summed E-state index contributed by atoms with van der Waals surface area (Å²) in [6, 6.07) is 18.5.